The number of nitrogen functional groups attached to an aromatic ring is 1. The third kappa shape index (κ3) is 3.62. The fourth-order valence-electron chi connectivity index (χ4n) is 1.48. The lowest BCUT2D eigenvalue weighted by atomic mass is 10.3. The van der Waals surface area contributed by atoms with Crippen LogP contribution in [0.25, 0.3) is 0 Å². The van der Waals surface area contributed by atoms with Crippen LogP contribution in [0.5, 0.6) is 5.88 Å². The third-order valence-electron chi connectivity index (χ3n) is 2.35. The van der Waals surface area contributed by atoms with Gasteiger partial charge >= 0.3 is 0 Å². The molecule has 0 aliphatic carbocycles. The molecule has 1 aromatic carbocycles. The van der Waals surface area contributed by atoms with E-state index in [1.165, 1.54) is 6.92 Å². The molecule has 0 saturated heterocycles. The van der Waals surface area contributed by atoms with Crippen LogP contribution in [0.1, 0.15) is 6.92 Å². The maximum absolute atomic E-state index is 11.5. The lowest BCUT2D eigenvalue weighted by Gasteiger charge is -2.01. The molecule has 0 aliphatic heterocycles. The van der Waals surface area contributed by atoms with Crippen LogP contribution in [-0.4, -0.2) is 21.0 Å². The third-order valence-corrected chi connectivity index (χ3v) is 2.35. The van der Waals surface area contributed by atoms with Gasteiger partial charge in [-0.1, -0.05) is 0 Å². The number of aromatic amines is 1. The number of rotatable bonds is 3. The molecule has 2 rings (SSSR count). The van der Waals surface area contributed by atoms with E-state index < -0.39 is 11.4 Å². The summed E-state index contributed by atoms with van der Waals surface area (Å²) in [6.07, 6.45) is 0. The Labute approximate surface area is 118 Å². The molecule has 0 spiro atoms. The number of anilines is 2. The van der Waals surface area contributed by atoms with E-state index in [0.717, 1.165) is 0 Å². The van der Waals surface area contributed by atoms with E-state index in [-0.39, 0.29) is 17.5 Å². The fraction of sp³-hybridized carbons (Fsp3) is 0.0833. The van der Waals surface area contributed by atoms with Crippen LogP contribution in [0.2, 0.25) is 0 Å². The van der Waals surface area contributed by atoms with E-state index in [0.29, 0.717) is 11.4 Å². The van der Waals surface area contributed by atoms with Crippen molar-refractivity contribution in [2.45, 2.75) is 6.92 Å². The number of aromatic hydroxyl groups is 1. The van der Waals surface area contributed by atoms with E-state index in [9.17, 15) is 14.7 Å². The van der Waals surface area contributed by atoms with E-state index in [4.69, 9.17) is 5.73 Å². The van der Waals surface area contributed by atoms with Gasteiger partial charge in [-0.2, -0.15) is 10.1 Å². The highest BCUT2D eigenvalue weighted by molar-refractivity contribution is 5.88. The molecule has 108 valence electrons. The number of H-pyrrole nitrogens is 1. The number of carbonyl (C=O) groups excluding carboxylic acids is 1. The molecule has 5 N–H and O–H groups in total. The van der Waals surface area contributed by atoms with E-state index in [1.54, 1.807) is 24.3 Å². The number of nitrogens with zero attached hydrogens (tertiary/aromatic N) is 3. The first-order valence-corrected chi connectivity index (χ1v) is 5.84. The van der Waals surface area contributed by atoms with Crippen LogP contribution in [-0.2, 0) is 4.79 Å². The fourth-order valence-corrected chi connectivity index (χ4v) is 1.48. The molecule has 2 aromatic rings. The minimum absolute atomic E-state index is 0.186. The number of amides is 1. The molecule has 0 unspecified atom stereocenters. The van der Waals surface area contributed by atoms with Crippen LogP contribution in [0.4, 0.5) is 23.0 Å². The van der Waals surface area contributed by atoms with Crippen molar-refractivity contribution in [2.75, 3.05) is 11.1 Å². The molecule has 0 atom stereocenters. The first kappa shape index (κ1) is 14.2. The van der Waals surface area contributed by atoms with Crippen LogP contribution < -0.4 is 16.6 Å². The van der Waals surface area contributed by atoms with Gasteiger partial charge in [0.2, 0.25) is 23.4 Å². The molecule has 21 heavy (non-hydrogen) atoms. The zero-order valence-corrected chi connectivity index (χ0v) is 11.0. The molecular weight excluding hydrogens is 276 g/mol. The van der Waals surface area contributed by atoms with Gasteiger partial charge in [0.25, 0.3) is 5.56 Å². The van der Waals surface area contributed by atoms with Gasteiger partial charge in [-0.05, 0) is 24.3 Å². The maximum Gasteiger partial charge on any atom is 0.284 e. The second-order valence-electron chi connectivity index (χ2n) is 4.05. The molecule has 9 nitrogen and oxygen atoms in total. The summed E-state index contributed by atoms with van der Waals surface area (Å²) >= 11 is 0. The Bertz CT molecular complexity index is 751. The number of nitrogens with one attached hydrogen (secondary N) is 2. The number of azo groups is 1. The SMILES string of the molecule is CC(=O)Nc1ccc(N=Nc2c(O)nc(N)[nH]c2=O)cc1. The van der Waals surface area contributed by atoms with E-state index >= 15 is 0 Å². The number of benzene rings is 1. The predicted octanol–water partition coefficient (Wildman–Crippen LogP) is 1.43. The first-order chi connectivity index (χ1) is 9.95. The number of nitrogens with two attached hydrogens (primary N) is 1. The topological polar surface area (TPSA) is 146 Å². The van der Waals surface area contributed by atoms with Crippen molar-refractivity contribution in [3.63, 3.8) is 0 Å². The van der Waals surface area contributed by atoms with Crippen molar-refractivity contribution in [2.24, 2.45) is 10.2 Å². The maximum atomic E-state index is 11.5. The lowest BCUT2D eigenvalue weighted by Crippen LogP contribution is -2.09. The van der Waals surface area contributed by atoms with Gasteiger partial charge in [0.15, 0.2) is 0 Å². The normalized spacial score (nSPS) is 10.7. The van der Waals surface area contributed by atoms with Crippen molar-refractivity contribution < 1.29 is 9.90 Å². The summed E-state index contributed by atoms with van der Waals surface area (Å²) in [4.78, 5) is 28.1. The minimum atomic E-state index is -0.696. The molecule has 9 heteroatoms. The number of aromatic nitrogens is 2. The molecule has 1 heterocycles. The summed E-state index contributed by atoms with van der Waals surface area (Å²) in [7, 11) is 0. The van der Waals surface area contributed by atoms with E-state index in [2.05, 4.69) is 25.5 Å². The first-order valence-electron chi connectivity index (χ1n) is 5.84. The number of hydrogen-bond acceptors (Lipinski definition) is 7. The summed E-state index contributed by atoms with van der Waals surface area (Å²) in [5.74, 6) is -1.00. The average molecular weight is 288 g/mol. The van der Waals surface area contributed by atoms with Crippen molar-refractivity contribution in [3.05, 3.63) is 34.6 Å². The van der Waals surface area contributed by atoms with Crippen LogP contribution in [0.15, 0.2) is 39.3 Å². The van der Waals surface area contributed by atoms with Gasteiger partial charge < -0.3 is 16.2 Å². The zero-order chi connectivity index (χ0) is 15.4. The standard InChI is InChI=1S/C12H12N6O3/c1-6(19)14-7-2-4-8(5-3-7)17-18-9-10(20)15-12(13)16-11(9)21/h2-5H,1H3,(H,14,19)(H4,13,15,16,20,21). The van der Waals surface area contributed by atoms with Gasteiger partial charge in [0.1, 0.15) is 0 Å². The molecule has 1 amide bonds. The van der Waals surface area contributed by atoms with Crippen LogP contribution >= 0.6 is 0 Å². The Balaban J connectivity index is 2.22. The van der Waals surface area contributed by atoms with Gasteiger partial charge in [-0.15, -0.1) is 5.11 Å². The smallest absolute Gasteiger partial charge is 0.284 e. The summed E-state index contributed by atoms with van der Waals surface area (Å²) in [5.41, 5.74) is 5.26. The van der Waals surface area contributed by atoms with Gasteiger partial charge in [0.05, 0.1) is 5.69 Å². The van der Waals surface area contributed by atoms with E-state index in [1.807, 2.05) is 0 Å². The Morgan fingerprint density at radius 2 is 2.00 bits per heavy atom. The Morgan fingerprint density at radius 3 is 2.57 bits per heavy atom. The van der Waals surface area contributed by atoms with Crippen molar-refractivity contribution in [1.82, 2.24) is 9.97 Å². The molecular formula is C12H12N6O3. The predicted molar refractivity (Wildman–Crippen MR) is 75.9 cm³/mol. The largest absolute Gasteiger partial charge is 0.491 e. The summed E-state index contributed by atoms with van der Waals surface area (Å²) < 4.78 is 0. The molecule has 0 fully saturated rings. The number of carbonyl (C=O) groups is 1. The van der Waals surface area contributed by atoms with Crippen molar-refractivity contribution >= 4 is 28.9 Å². The number of hydrogen-bond donors (Lipinski definition) is 4. The molecule has 0 radical (unpaired) electrons. The lowest BCUT2D eigenvalue weighted by molar-refractivity contribution is -0.114. The van der Waals surface area contributed by atoms with Gasteiger partial charge in [0, 0.05) is 12.6 Å². The van der Waals surface area contributed by atoms with Crippen molar-refractivity contribution in [3.8, 4) is 5.88 Å². The molecule has 0 bridgehead atoms. The Hall–Kier alpha value is -3.23. The quantitative estimate of drug-likeness (QED) is 0.631. The average Bonchev–Trinajstić information content (AvgIpc) is 2.38. The summed E-state index contributed by atoms with van der Waals surface area (Å²) in [6, 6.07) is 6.43. The minimum Gasteiger partial charge on any atom is -0.491 e. The summed E-state index contributed by atoms with van der Waals surface area (Å²) in [5, 5.41) is 19.5. The molecule has 0 saturated carbocycles. The van der Waals surface area contributed by atoms with Crippen molar-refractivity contribution in [1.29, 1.82) is 0 Å². The molecule has 0 aliphatic rings. The Morgan fingerprint density at radius 1 is 1.33 bits per heavy atom. The molecule has 1 aromatic heterocycles. The van der Waals surface area contributed by atoms with Crippen LogP contribution in [0, 0.1) is 0 Å². The highest BCUT2D eigenvalue weighted by atomic mass is 16.3. The highest BCUT2D eigenvalue weighted by Gasteiger charge is 2.08. The highest BCUT2D eigenvalue weighted by Crippen LogP contribution is 2.23. The zero-order valence-electron chi connectivity index (χ0n) is 11.0. The van der Waals surface area contributed by atoms with Crippen LogP contribution in [0.3, 0.4) is 0 Å². The van der Waals surface area contributed by atoms with Gasteiger partial charge in [-0.3, -0.25) is 14.6 Å². The monoisotopic (exact) mass is 288 g/mol. The Kier molecular flexibility index (Phi) is 3.93. The van der Waals surface area contributed by atoms with Gasteiger partial charge in [-0.25, -0.2) is 0 Å². The second-order valence-corrected chi connectivity index (χ2v) is 4.05. The second kappa shape index (κ2) is 5.82. The summed E-state index contributed by atoms with van der Waals surface area (Å²) in [6.45, 7) is 1.40.